The van der Waals surface area contributed by atoms with E-state index in [9.17, 15) is 9.59 Å². The number of ether oxygens (including phenoxy) is 2. The van der Waals surface area contributed by atoms with Gasteiger partial charge in [-0.15, -0.1) is 5.10 Å². The number of rotatable bonds is 9. The Morgan fingerprint density at radius 3 is 2.55 bits per heavy atom. The molecule has 0 saturated carbocycles. The van der Waals surface area contributed by atoms with Gasteiger partial charge in [0.2, 0.25) is 0 Å². The highest BCUT2D eigenvalue weighted by Crippen LogP contribution is 2.11. The van der Waals surface area contributed by atoms with E-state index in [1.807, 2.05) is 54.6 Å². The van der Waals surface area contributed by atoms with Crippen molar-refractivity contribution in [2.24, 2.45) is 0 Å². The summed E-state index contributed by atoms with van der Waals surface area (Å²) in [6.07, 6.45) is 3.52. The fraction of sp³-hybridized carbons (Fsp3) is 0.217. The van der Waals surface area contributed by atoms with Crippen LogP contribution in [0, 0.1) is 0 Å². The van der Waals surface area contributed by atoms with E-state index in [1.165, 1.54) is 19.1 Å². The average molecular weight is 420 g/mol. The standard InChI is InChI=1S/C23H24N4O4/c1-17(23(29)24-14-18-8-11-21(30-2)12-9-18)31-22(28)13-10-20-16-27(26-25-20)15-19-6-4-3-5-7-19/h3-13,16-17H,14-15H2,1-2H3,(H,24,29)/b13-10+/t17-/m0/s1. The van der Waals surface area contributed by atoms with E-state index in [-0.39, 0.29) is 5.91 Å². The summed E-state index contributed by atoms with van der Waals surface area (Å²) in [4.78, 5) is 24.2. The zero-order valence-electron chi connectivity index (χ0n) is 17.4. The first-order valence-electron chi connectivity index (χ1n) is 9.77. The first kappa shape index (κ1) is 21.8. The molecular formula is C23H24N4O4. The van der Waals surface area contributed by atoms with Gasteiger partial charge in [-0.3, -0.25) is 4.79 Å². The Balaban J connectivity index is 1.44. The van der Waals surface area contributed by atoms with Gasteiger partial charge in [-0.25, -0.2) is 9.48 Å². The van der Waals surface area contributed by atoms with E-state index in [4.69, 9.17) is 9.47 Å². The van der Waals surface area contributed by atoms with Crippen molar-refractivity contribution in [1.82, 2.24) is 20.3 Å². The topological polar surface area (TPSA) is 95.3 Å². The molecule has 0 saturated heterocycles. The number of esters is 1. The number of amides is 1. The largest absolute Gasteiger partial charge is 0.497 e. The number of carbonyl (C=O) groups is 2. The van der Waals surface area contributed by atoms with E-state index in [2.05, 4.69) is 15.6 Å². The van der Waals surface area contributed by atoms with E-state index in [0.29, 0.717) is 18.8 Å². The van der Waals surface area contributed by atoms with Crippen LogP contribution in [0.15, 0.2) is 66.9 Å². The smallest absolute Gasteiger partial charge is 0.331 e. The normalized spacial score (nSPS) is 11.8. The number of methoxy groups -OCH3 is 1. The van der Waals surface area contributed by atoms with Crippen LogP contribution in [0.3, 0.4) is 0 Å². The third-order valence-corrected chi connectivity index (χ3v) is 4.42. The summed E-state index contributed by atoms with van der Waals surface area (Å²) in [5, 5.41) is 10.8. The van der Waals surface area contributed by atoms with Crippen molar-refractivity contribution >= 4 is 18.0 Å². The van der Waals surface area contributed by atoms with Crippen LogP contribution in [0.25, 0.3) is 6.08 Å². The highest BCUT2D eigenvalue weighted by atomic mass is 16.5. The van der Waals surface area contributed by atoms with Crippen LogP contribution in [0.2, 0.25) is 0 Å². The molecule has 8 nitrogen and oxygen atoms in total. The highest BCUT2D eigenvalue weighted by molar-refractivity contribution is 5.90. The van der Waals surface area contributed by atoms with Crippen molar-refractivity contribution in [3.05, 3.63) is 83.7 Å². The summed E-state index contributed by atoms with van der Waals surface area (Å²) >= 11 is 0. The van der Waals surface area contributed by atoms with E-state index < -0.39 is 12.1 Å². The molecule has 0 bridgehead atoms. The molecule has 0 aliphatic rings. The molecule has 1 atom stereocenters. The van der Waals surface area contributed by atoms with Gasteiger partial charge in [0.1, 0.15) is 11.4 Å². The lowest BCUT2D eigenvalue weighted by Gasteiger charge is -2.12. The van der Waals surface area contributed by atoms with Crippen molar-refractivity contribution in [1.29, 1.82) is 0 Å². The van der Waals surface area contributed by atoms with E-state index in [0.717, 1.165) is 16.9 Å². The van der Waals surface area contributed by atoms with Gasteiger partial charge in [0.05, 0.1) is 19.9 Å². The lowest BCUT2D eigenvalue weighted by Crippen LogP contribution is -2.35. The summed E-state index contributed by atoms with van der Waals surface area (Å²) in [7, 11) is 1.59. The number of hydrogen-bond donors (Lipinski definition) is 1. The molecule has 0 radical (unpaired) electrons. The van der Waals surface area contributed by atoms with Crippen LogP contribution in [0.5, 0.6) is 5.75 Å². The van der Waals surface area contributed by atoms with Crippen molar-refractivity contribution in [2.75, 3.05) is 7.11 Å². The number of hydrogen-bond acceptors (Lipinski definition) is 6. The molecule has 1 amide bonds. The summed E-state index contributed by atoms with van der Waals surface area (Å²) in [5.74, 6) is -0.277. The van der Waals surface area contributed by atoms with Crippen LogP contribution in [-0.2, 0) is 27.4 Å². The van der Waals surface area contributed by atoms with Crippen molar-refractivity contribution in [2.45, 2.75) is 26.1 Å². The van der Waals surface area contributed by atoms with Crippen LogP contribution in [-0.4, -0.2) is 40.1 Å². The zero-order valence-corrected chi connectivity index (χ0v) is 17.4. The van der Waals surface area contributed by atoms with Gasteiger partial charge in [0, 0.05) is 12.6 Å². The molecular weight excluding hydrogens is 396 g/mol. The van der Waals surface area contributed by atoms with Crippen LogP contribution in [0.4, 0.5) is 0 Å². The van der Waals surface area contributed by atoms with Crippen LogP contribution >= 0.6 is 0 Å². The molecule has 0 spiro atoms. The third-order valence-electron chi connectivity index (χ3n) is 4.42. The van der Waals surface area contributed by atoms with Gasteiger partial charge in [0.15, 0.2) is 6.10 Å². The Labute approximate surface area is 180 Å². The maximum atomic E-state index is 12.2. The second-order valence-electron chi connectivity index (χ2n) is 6.80. The van der Waals surface area contributed by atoms with Gasteiger partial charge in [-0.05, 0) is 36.3 Å². The molecule has 2 aromatic carbocycles. The fourth-order valence-electron chi connectivity index (χ4n) is 2.73. The minimum Gasteiger partial charge on any atom is -0.497 e. The molecule has 8 heteroatoms. The summed E-state index contributed by atoms with van der Waals surface area (Å²) < 4.78 is 11.9. The predicted octanol–water partition coefficient (Wildman–Crippen LogP) is 2.60. The first-order valence-corrected chi connectivity index (χ1v) is 9.77. The summed E-state index contributed by atoms with van der Waals surface area (Å²) in [5.41, 5.74) is 2.52. The fourth-order valence-corrected chi connectivity index (χ4v) is 2.73. The average Bonchev–Trinajstić information content (AvgIpc) is 3.24. The molecule has 0 unspecified atom stereocenters. The Morgan fingerprint density at radius 1 is 1.10 bits per heavy atom. The molecule has 1 aromatic heterocycles. The third kappa shape index (κ3) is 6.81. The molecule has 3 rings (SSSR count). The van der Waals surface area contributed by atoms with E-state index in [1.54, 1.807) is 18.0 Å². The number of nitrogens with zero attached hydrogens (tertiary/aromatic N) is 3. The molecule has 160 valence electrons. The van der Waals surface area contributed by atoms with Crippen molar-refractivity contribution in [3.8, 4) is 5.75 Å². The van der Waals surface area contributed by atoms with Gasteiger partial charge in [-0.2, -0.15) is 0 Å². The zero-order chi connectivity index (χ0) is 22.1. The molecule has 0 fully saturated rings. The number of benzene rings is 2. The lowest BCUT2D eigenvalue weighted by atomic mass is 10.2. The maximum absolute atomic E-state index is 12.2. The molecule has 3 aromatic rings. The van der Waals surface area contributed by atoms with Crippen LogP contribution in [0.1, 0.15) is 23.7 Å². The van der Waals surface area contributed by atoms with E-state index >= 15 is 0 Å². The second-order valence-corrected chi connectivity index (χ2v) is 6.80. The Kier molecular flexibility index (Phi) is 7.53. The van der Waals surface area contributed by atoms with Gasteiger partial charge in [-0.1, -0.05) is 47.7 Å². The molecule has 1 N–H and O–H groups in total. The Hall–Kier alpha value is -3.94. The van der Waals surface area contributed by atoms with Crippen molar-refractivity contribution in [3.63, 3.8) is 0 Å². The summed E-state index contributed by atoms with van der Waals surface area (Å²) in [6, 6.07) is 17.2. The minimum absolute atomic E-state index is 0.324. The van der Waals surface area contributed by atoms with Gasteiger partial charge >= 0.3 is 5.97 Å². The van der Waals surface area contributed by atoms with Gasteiger partial charge < -0.3 is 14.8 Å². The second kappa shape index (κ2) is 10.7. The van der Waals surface area contributed by atoms with Crippen molar-refractivity contribution < 1.29 is 19.1 Å². The Bertz CT molecular complexity index is 1030. The molecule has 0 aliphatic carbocycles. The van der Waals surface area contributed by atoms with Crippen LogP contribution < -0.4 is 10.1 Å². The van der Waals surface area contributed by atoms with Gasteiger partial charge in [0.25, 0.3) is 5.91 Å². The quantitative estimate of drug-likeness (QED) is 0.422. The SMILES string of the molecule is COc1ccc(CNC(=O)[C@H](C)OC(=O)/C=C/c2cn(Cc3ccccc3)nn2)cc1. The number of nitrogens with one attached hydrogen (secondary N) is 1. The molecule has 31 heavy (non-hydrogen) atoms. The summed E-state index contributed by atoms with van der Waals surface area (Å²) in [6.45, 7) is 2.42. The maximum Gasteiger partial charge on any atom is 0.331 e. The molecule has 0 aliphatic heterocycles. The minimum atomic E-state index is -0.927. The lowest BCUT2D eigenvalue weighted by molar-refractivity contribution is -0.150. The number of aromatic nitrogens is 3. The Morgan fingerprint density at radius 2 is 1.84 bits per heavy atom. The monoisotopic (exact) mass is 420 g/mol. The number of carbonyl (C=O) groups excluding carboxylic acids is 2. The first-order chi connectivity index (χ1) is 15.0. The molecule has 1 heterocycles. The predicted molar refractivity (Wildman–Crippen MR) is 115 cm³/mol. The highest BCUT2D eigenvalue weighted by Gasteiger charge is 2.16.